The first kappa shape index (κ1) is 22.0. The zero-order valence-corrected chi connectivity index (χ0v) is 18.5. The van der Waals surface area contributed by atoms with Crippen molar-refractivity contribution < 1.29 is 14.3 Å². The molecule has 4 rings (SSSR count). The van der Waals surface area contributed by atoms with Gasteiger partial charge in [0.1, 0.15) is 0 Å². The standard InChI is InChI=1S/C24H34N4O3/c1-30-16-14-28-23-11-15-31-18-21(23)22(26-28)7-8-24(29)25-20-9-12-27(13-10-20)17-19-5-3-2-4-6-19/h2-6,20H,7-18H2,1H3,(H,25,29). The van der Waals surface area contributed by atoms with Gasteiger partial charge in [0, 0.05) is 63.3 Å². The first-order valence-electron chi connectivity index (χ1n) is 11.4. The van der Waals surface area contributed by atoms with E-state index in [9.17, 15) is 4.79 Å². The molecule has 1 fully saturated rings. The van der Waals surface area contributed by atoms with Crippen LogP contribution in [0.1, 0.15) is 41.8 Å². The third-order valence-electron chi connectivity index (χ3n) is 6.28. The van der Waals surface area contributed by atoms with E-state index in [4.69, 9.17) is 14.6 Å². The maximum Gasteiger partial charge on any atom is 0.220 e. The molecule has 1 N–H and O–H groups in total. The predicted molar refractivity (Wildman–Crippen MR) is 119 cm³/mol. The second-order valence-electron chi connectivity index (χ2n) is 8.49. The van der Waals surface area contributed by atoms with Crippen LogP contribution >= 0.6 is 0 Å². The molecule has 1 amide bonds. The number of ether oxygens (including phenoxy) is 2. The number of hydrogen-bond donors (Lipinski definition) is 1. The fourth-order valence-corrected chi connectivity index (χ4v) is 4.55. The average Bonchev–Trinajstić information content (AvgIpc) is 3.16. The zero-order valence-electron chi connectivity index (χ0n) is 18.5. The van der Waals surface area contributed by atoms with Gasteiger partial charge in [0.2, 0.25) is 5.91 Å². The van der Waals surface area contributed by atoms with E-state index in [0.29, 0.717) is 26.1 Å². The van der Waals surface area contributed by atoms with Crippen LogP contribution in [-0.4, -0.2) is 60.0 Å². The van der Waals surface area contributed by atoms with Crippen molar-refractivity contribution in [1.82, 2.24) is 20.0 Å². The molecule has 3 heterocycles. The van der Waals surface area contributed by atoms with Gasteiger partial charge in [0.05, 0.1) is 32.1 Å². The summed E-state index contributed by atoms with van der Waals surface area (Å²) in [6.07, 6.45) is 4.02. The number of benzene rings is 1. The lowest BCUT2D eigenvalue weighted by molar-refractivity contribution is -0.122. The van der Waals surface area contributed by atoms with E-state index in [2.05, 4.69) is 40.5 Å². The predicted octanol–water partition coefficient (Wildman–Crippen LogP) is 2.32. The van der Waals surface area contributed by atoms with Crippen LogP contribution in [0, 0.1) is 0 Å². The lowest BCUT2D eigenvalue weighted by Gasteiger charge is -2.32. The molecule has 0 spiro atoms. The van der Waals surface area contributed by atoms with Crippen LogP contribution in [0.5, 0.6) is 0 Å². The highest BCUT2D eigenvalue weighted by Crippen LogP contribution is 2.22. The van der Waals surface area contributed by atoms with Gasteiger partial charge in [-0.3, -0.25) is 14.4 Å². The number of carbonyl (C=O) groups is 1. The number of nitrogens with zero attached hydrogens (tertiary/aromatic N) is 3. The highest BCUT2D eigenvalue weighted by Gasteiger charge is 2.23. The Hall–Kier alpha value is -2.22. The minimum absolute atomic E-state index is 0.124. The summed E-state index contributed by atoms with van der Waals surface area (Å²) in [5.41, 5.74) is 4.76. The van der Waals surface area contributed by atoms with Crippen molar-refractivity contribution in [3.63, 3.8) is 0 Å². The van der Waals surface area contributed by atoms with Gasteiger partial charge in [0.25, 0.3) is 0 Å². The molecule has 0 radical (unpaired) electrons. The van der Waals surface area contributed by atoms with Crippen molar-refractivity contribution in [2.24, 2.45) is 0 Å². The molecule has 1 aromatic heterocycles. The second-order valence-corrected chi connectivity index (χ2v) is 8.49. The van der Waals surface area contributed by atoms with Crippen LogP contribution in [0.25, 0.3) is 0 Å². The van der Waals surface area contributed by atoms with E-state index < -0.39 is 0 Å². The molecule has 0 saturated carbocycles. The van der Waals surface area contributed by atoms with Gasteiger partial charge in [-0.1, -0.05) is 30.3 Å². The van der Waals surface area contributed by atoms with Gasteiger partial charge in [-0.15, -0.1) is 0 Å². The SMILES string of the molecule is COCCn1nc(CCC(=O)NC2CCN(Cc3ccccc3)CC2)c2c1CCOC2. The van der Waals surface area contributed by atoms with Gasteiger partial charge < -0.3 is 14.8 Å². The number of nitrogens with one attached hydrogen (secondary N) is 1. The Morgan fingerprint density at radius 2 is 2.06 bits per heavy atom. The minimum Gasteiger partial charge on any atom is -0.383 e. The molecule has 168 valence electrons. The van der Waals surface area contributed by atoms with Gasteiger partial charge >= 0.3 is 0 Å². The number of methoxy groups -OCH3 is 1. The number of aromatic nitrogens is 2. The maximum absolute atomic E-state index is 12.6. The molecule has 0 bridgehead atoms. The highest BCUT2D eigenvalue weighted by atomic mass is 16.5. The molecule has 31 heavy (non-hydrogen) atoms. The first-order chi connectivity index (χ1) is 15.2. The van der Waals surface area contributed by atoms with Crippen LogP contribution in [0.4, 0.5) is 0 Å². The summed E-state index contributed by atoms with van der Waals surface area (Å²) in [6, 6.07) is 10.9. The van der Waals surface area contributed by atoms with Gasteiger partial charge in [0.15, 0.2) is 0 Å². The number of piperidine rings is 1. The molecule has 0 atom stereocenters. The monoisotopic (exact) mass is 426 g/mol. The molecule has 1 saturated heterocycles. The smallest absolute Gasteiger partial charge is 0.220 e. The molecule has 1 aromatic carbocycles. The van der Waals surface area contributed by atoms with Gasteiger partial charge in [-0.2, -0.15) is 5.10 Å². The van der Waals surface area contributed by atoms with Crippen molar-refractivity contribution in [2.45, 2.75) is 57.8 Å². The number of carbonyl (C=O) groups excluding carboxylic acids is 1. The quantitative estimate of drug-likeness (QED) is 0.667. The minimum atomic E-state index is 0.124. The van der Waals surface area contributed by atoms with Crippen LogP contribution in [0.3, 0.4) is 0 Å². The molecule has 0 unspecified atom stereocenters. The van der Waals surface area contributed by atoms with Gasteiger partial charge in [-0.05, 0) is 18.4 Å². The highest BCUT2D eigenvalue weighted by molar-refractivity contribution is 5.76. The fraction of sp³-hybridized carbons (Fsp3) is 0.583. The summed E-state index contributed by atoms with van der Waals surface area (Å²) in [4.78, 5) is 15.1. The maximum atomic E-state index is 12.6. The Morgan fingerprint density at radius 1 is 1.26 bits per heavy atom. The van der Waals surface area contributed by atoms with Crippen LogP contribution in [-0.2, 0) is 46.8 Å². The Labute approximate surface area is 184 Å². The van der Waals surface area contributed by atoms with E-state index in [1.807, 2.05) is 4.68 Å². The number of aryl methyl sites for hydroxylation is 1. The van der Waals surface area contributed by atoms with E-state index in [0.717, 1.165) is 57.7 Å². The molecule has 7 heteroatoms. The summed E-state index contributed by atoms with van der Waals surface area (Å²) in [6.45, 7) is 5.74. The van der Waals surface area contributed by atoms with E-state index in [1.165, 1.54) is 16.8 Å². The summed E-state index contributed by atoms with van der Waals surface area (Å²) < 4.78 is 12.9. The number of likely N-dealkylation sites (tertiary alicyclic amines) is 1. The summed E-state index contributed by atoms with van der Waals surface area (Å²) in [5.74, 6) is 0.124. The van der Waals surface area contributed by atoms with Crippen LogP contribution in [0.15, 0.2) is 30.3 Å². The lowest BCUT2D eigenvalue weighted by Crippen LogP contribution is -2.44. The Kier molecular flexibility index (Phi) is 7.72. The largest absolute Gasteiger partial charge is 0.383 e. The lowest BCUT2D eigenvalue weighted by atomic mass is 10.0. The molecule has 2 aliphatic heterocycles. The van der Waals surface area contributed by atoms with Gasteiger partial charge in [-0.25, -0.2) is 0 Å². The molecule has 2 aromatic rings. The van der Waals surface area contributed by atoms with E-state index in [1.54, 1.807) is 7.11 Å². The van der Waals surface area contributed by atoms with E-state index in [-0.39, 0.29) is 11.9 Å². The van der Waals surface area contributed by atoms with Crippen molar-refractivity contribution in [3.8, 4) is 0 Å². The number of hydrogen-bond acceptors (Lipinski definition) is 5. The summed E-state index contributed by atoms with van der Waals surface area (Å²) in [7, 11) is 1.70. The summed E-state index contributed by atoms with van der Waals surface area (Å²) >= 11 is 0. The molecular formula is C24H34N4O3. The summed E-state index contributed by atoms with van der Waals surface area (Å²) in [5, 5.41) is 8.01. The topological polar surface area (TPSA) is 68.6 Å². The van der Waals surface area contributed by atoms with Crippen molar-refractivity contribution in [3.05, 3.63) is 52.8 Å². The zero-order chi connectivity index (χ0) is 21.5. The Morgan fingerprint density at radius 3 is 2.84 bits per heavy atom. The molecular weight excluding hydrogens is 392 g/mol. The Balaban J connectivity index is 1.23. The third-order valence-corrected chi connectivity index (χ3v) is 6.28. The van der Waals surface area contributed by atoms with Crippen LogP contribution in [0.2, 0.25) is 0 Å². The van der Waals surface area contributed by atoms with Crippen molar-refractivity contribution in [1.29, 1.82) is 0 Å². The molecule has 2 aliphatic rings. The normalized spacial score (nSPS) is 17.5. The fourth-order valence-electron chi connectivity index (χ4n) is 4.55. The van der Waals surface area contributed by atoms with Crippen LogP contribution < -0.4 is 5.32 Å². The Bertz CT molecular complexity index is 844. The molecule has 0 aliphatic carbocycles. The second kappa shape index (κ2) is 10.9. The van der Waals surface area contributed by atoms with Crippen molar-refractivity contribution in [2.75, 3.05) is 33.4 Å². The van der Waals surface area contributed by atoms with Crippen molar-refractivity contribution >= 4 is 5.91 Å². The number of fused-ring (bicyclic) bond motifs is 1. The van der Waals surface area contributed by atoms with E-state index >= 15 is 0 Å². The average molecular weight is 427 g/mol. The molecule has 7 nitrogen and oxygen atoms in total. The third kappa shape index (κ3) is 5.93. The number of rotatable bonds is 9. The first-order valence-corrected chi connectivity index (χ1v) is 11.4. The number of amides is 1.